The molecule has 33 heavy (non-hydrogen) atoms. The van der Waals surface area contributed by atoms with E-state index in [-0.39, 0.29) is 6.04 Å². The number of pyridine rings is 1. The van der Waals surface area contributed by atoms with Crippen LogP contribution in [0.25, 0.3) is 0 Å². The van der Waals surface area contributed by atoms with Crippen molar-refractivity contribution in [1.82, 2.24) is 19.4 Å². The topological polar surface area (TPSA) is 61.6 Å². The fraction of sp³-hybridized carbons (Fsp3) is 0.600. The SMILES string of the molecule is CCOc1cc(CC2=CCN(C(C)c3cn(COCCS(C)(C)C)c(OCC)n3)C2)ccn1. The number of hydrogen-bond donors (Lipinski definition) is 0. The third-order valence-corrected chi connectivity index (χ3v) is 7.01. The minimum atomic E-state index is -0.556. The van der Waals surface area contributed by atoms with Crippen LogP contribution in [-0.4, -0.2) is 76.9 Å². The van der Waals surface area contributed by atoms with Crippen molar-refractivity contribution < 1.29 is 14.2 Å². The third kappa shape index (κ3) is 7.76. The van der Waals surface area contributed by atoms with Crippen LogP contribution in [0, 0.1) is 0 Å². The maximum atomic E-state index is 5.94. The van der Waals surface area contributed by atoms with Gasteiger partial charge in [-0.05, 0) is 57.6 Å². The van der Waals surface area contributed by atoms with Crippen molar-refractivity contribution in [1.29, 1.82) is 0 Å². The predicted octanol–water partition coefficient (Wildman–Crippen LogP) is 4.29. The molecule has 3 heterocycles. The third-order valence-electron chi connectivity index (χ3n) is 5.62. The van der Waals surface area contributed by atoms with Gasteiger partial charge in [-0.1, -0.05) is 11.6 Å². The summed E-state index contributed by atoms with van der Waals surface area (Å²) in [4.78, 5) is 11.5. The Kier molecular flexibility index (Phi) is 9.23. The van der Waals surface area contributed by atoms with Gasteiger partial charge in [0.2, 0.25) is 5.88 Å². The van der Waals surface area contributed by atoms with Crippen LogP contribution in [0.1, 0.15) is 38.1 Å². The van der Waals surface area contributed by atoms with Crippen molar-refractivity contribution in [3.8, 4) is 11.9 Å². The van der Waals surface area contributed by atoms with Gasteiger partial charge in [0, 0.05) is 37.3 Å². The number of ether oxygens (including phenoxy) is 3. The van der Waals surface area contributed by atoms with E-state index in [1.807, 2.05) is 30.7 Å². The molecule has 8 heteroatoms. The lowest BCUT2D eigenvalue weighted by molar-refractivity contribution is 0.0815. The van der Waals surface area contributed by atoms with Gasteiger partial charge in [-0.25, -0.2) is 15.0 Å². The predicted molar refractivity (Wildman–Crippen MR) is 137 cm³/mol. The van der Waals surface area contributed by atoms with E-state index in [1.54, 1.807) is 0 Å². The molecule has 0 radical (unpaired) electrons. The van der Waals surface area contributed by atoms with Crippen LogP contribution in [0.3, 0.4) is 0 Å². The summed E-state index contributed by atoms with van der Waals surface area (Å²) in [5, 5.41) is 0. The van der Waals surface area contributed by atoms with E-state index in [2.05, 4.69) is 53.9 Å². The molecule has 2 aromatic rings. The van der Waals surface area contributed by atoms with Crippen LogP contribution in [0.2, 0.25) is 0 Å². The van der Waals surface area contributed by atoms with Gasteiger partial charge < -0.3 is 14.2 Å². The molecule has 2 aromatic heterocycles. The van der Waals surface area contributed by atoms with Gasteiger partial charge in [0.05, 0.1) is 31.6 Å². The highest BCUT2D eigenvalue weighted by molar-refractivity contribution is 8.32. The zero-order valence-corrected chi connectivity index (χ0v) is 21.9. The summed E-state index contributed by atoms with van der Waals surface area (Å²) in [5.74, 6) is 1.79. The van der Waals surface area contributed by atoms with Crippen molar-refractivity contribution in [2.24, 2.45) is 0 Å². The van der Waals surface area contributed by atoms with E-state index >= 15 is 0 Å². The molecule has 0 saturated heterocycles. The quantitative estimate of drug-likeness (QED) is 0.317. The van der Waals surface area contributed by atoms with Crippen molar-refractivity contribution in [2.75, 3.05) is 57.4 Å². The molecule has 0 bridgehead atoms. The number of imidazole rings is 1. The van der Waals surface area contributed by atoms with E-state index in [4.69, 9.17) is 19.2 Å². The smallest absolute Gasteiger partial charge is 0.298 e. The van der Waals surface area contributed by atoms with E-state index in [0.29, 0.717) is 31.8 Å². The minimum absolute atomic E-state index is 0.189. The lowest BCUT2D eigenvalue weighted by atomic mass is 10.1. The summed E-state index contributed by atoms with van der Waals surface area (Å²) >= 11 is 0. The highest BCUT2D eigenvalue weighted by Gasteiger charge is 2.24. The molecule has 1 aliphatic rings. The van der Waals surface area contributed by atoms with Crippen molar-refractivity contribution in [3.05, 3.63) is 47.4 Å². The second-order valence-corrected chi connectivity index (χ2v) is 13.9. The summed E-state index contributed by atoms with van der Waals surface area (Å²) in [6, 6.07) is 4.92. The molecule has 3 rings (SSSR count). The van der Waals surface area contributed by atoms with Crippen LogP contribution in [0.4, 0.5) is 0 Å². The summed E-state index contributed by atoms with van der Waals surface area (Å²) in [6.45, 7) is 10.5. The molecule has 1 atom stereocenters. The monoisotopic (exact) mass is 476 g/mol. The van der Waals surface area contributed by atoms with E-state index in [1.165, 1.54) is 11.1 Å². The van der Waals surface area contributed by atoms with Crippen molar-refractivity contribution in [2.45, 2.75) is 40.0 Å². The van der Waals surface area contributed by atoms with Crippen LogP contribution < -0.4 is 9.47 Å². The van der Waals surface area contributed by atoms with Gasteiger partial charge in [0.15, 0.2) is 0 Å². The first kappa shape index (κ1) is 25.6. The lowest BCUT2D eigenvalue weighted by Crippen LogP contribution is -2.25. The van der Waals surface area contributed by atoms with Crippen molar-refractivity contribution in [3.63, 3.8) is 0 Å². The summed E-state index contributed by atoms with van der Waals surface area (Å²) in [7, 11) is -0.556. The standard InChI is InChI=1S/C25H40N4O3S/c1-7-31-24-16-21(9-11-26-24)15-22-10-12-28(17-22)20(3)23-18-29(25(27-23)32-8-2)19-30-13-14-33(4,5)6/h9-11,16,18,20H,7-8,12-15,17,19H2,1-6H3. The van der Waals surface area contributed by atoms with Crippen LogP contribution in [-0.2, 0) is 17.9 Å². The Morgan fingerprint density at radius 2 is 1.94 bits per heavy atom. The first-order valence-electron chi connectivity index (χ1n) is 11.7. The molecule has 0 N–H and O–H groups in total. The number of rotatable bonds is 13. The normalized spacial score (nSPS) is 16.0. The lowest BCUT2D eigenvalue weighted by Gasteiger charge is -2.24. The number of aromatic nitrogens is 3. The summed E-state index contributed by atoms with van der Waals surface area (Å²) < 4.78 is 19.3. The van der Waals surface area contributed by atoms with Crippen LogP contribution in [0.5, 0.6) is 11.9 Å². The fourth-order valence-corrected chi connectivity index (χ4v) is 4.34. The van der Waals surface area contributed by atoms with E-state index < -0.39 is 10.0 Å². The van der Waals surface area contributed by atoms with E-state index in [0.717, 1.165) is 37.6 Å². The Morgan fingerprint density at radius 3 is 2.67 bits per heavy atom. The van der Waals surface area contributed by atoms with Crippen LogP contribution >= 0.6 is 10.0 Å². The highest BCUT2D eigenvalue weighted by atomic mass is 32.3. The molecular weight excluding hydrogens is 436 g/mol. The average Bonchev–Trinajstić information content (AvgIpc) is 3.38. The molecular formula is C25H40N4O3S. The summed E-state index contributed by atoms with van der Waals surface area (Å²) in [5.41, 5.74) is 3.65. The van der Waals surface area contributed by atoms with Gasteiger partial charge in [-0.15, -0.1) is 0 Å². The van der Waals surface area contributed by atoms with Crippen molar-refractivity contribution >= 4 is 10.0 Å². The molecule has 0 aliphatic carbocycles. The fourth-order valence-electron chi connectivity index (χ4n) is 3.72. The first-order chi connectivity index (χ1) is 15.8. The van der Waals surface area contributed by atoms with Gasteiger partial charge >= 0.3 is 0 Å². The van der Waals surface area contributed by atoms with Gasteiger partial charge in [0.25, 0.3) is 6.01 Å². The zero-order valence-electron chi connectivity index (χ0n) is 21.0. The molecule has 1 unspecified atom stereocenters. The zero-order chi connectivity index (χ0) is 23.8. The first-order valence-corrected chi connectivity index (χ1v) is 14.7. The molecule has 0 aromatic carbocycles. The largest absolute Gasteiger partial charge is 0.478 e. The molecule has 7 nitrogen and oxygen atoms in total. The number of nitrogens with zero attached hydrogens (tertiary/aromatic N) is 4. The maximum Gasteiger partial charge on any atom is 0.298 e. The molecule has 1 aliphatic heterocycles. The summed E-state index contributed by atoms with van der Waals surface area (Å²) in [6.07, 6.45) is 14.1. The van der Waals surface area contributed by atoms with Crippen LogP contribution in [0.15, 0.2) is 36.2 Å². The Balaban J connectivity index is 1.58. The Morgan fingerprint density at radius 1 is 1.15 bits per heavy atom. The van der Waals surface area contributed by atoms with E-state index in [9.17, 15) is 0 Å². The second-order valence-electron chi connectivity index (χ2n) is 9.26. The molecule has 0 amide bonds. The Bertz CT molecular complexity index is 923. The minimum Gasteiger partial charge on any atom is -0.478 e. The molecule has 184 valence electrons. The molecule has 0 fully saturated rings. The Hall–Kier alpha value is -2.03. The Labute approximate surface area is 200 Å². The molecule has 0 saturated carbocycles. The number of hydrogen-bond acceptors (Lipinski definition) is 6. The maximum absolute atomic E-state index is 5.94. The van der Waals surface area contributed by atoms with Gasteiger partial charge in [0.1, 0.15) is 6.73 Å². The highest BCUT2D eigenvalue weighted by Crippen LogP contribution is 2.33. The average molecular weight is 477 g/mol. The van der Waals surface area contributed by atoms with Gasteiger partial charge in [-0.2, -0.15) is 4.98 Å². The molecule has 0 spiro atoms. The van der Waals surface area contributed by atoms with Gasteiger partial charge in [-0.3, -0.25) is 9.47 Å². The second kappa shape index (κ2) is 11.9.